The largest absolute Gasteiger partial charge is 0.352 e. The van der Waals surface area contributed by atoms with Crippen LogP contribution in [0.25, 0.3) is 0 Å². The molecule has 24 heavy (non-hydrogen) atoms. The van der Waals surface area contributed by atoms with Gasteiger partial charge in [0.2, 0.25) is 26.0 Å². The zero-order valence-electron chi connectivity index (χ0n) is 13.2. The molecule has 0 heterocycles. The van der Waals surface area contributed by atoms with Crippen LogP contribution >= 0.6 is 0 Å². The molecule has 1 atom stereocenters. The van der Waals surface area contributed by atoms with Gasteiger partial charge in [-0.2, -0.15) is 4.72 Å². The van der Waals surface area contributed by atoms with E-state index in [0.29, 0.717) is 0 Å². The molecule has 1 saturated carbocycles. The van der Waals surface area contributed by atoms with Crippen molar-refractivity contribution in [3.05, 3.63) is 24.3 Å². The van der Waals surface area contributed by atoms with E-state index in [1.54, 1.807) is 0 Å². The summed E-state index contributed by atoms with van der Waals surface area (Å²) in [4.78, 5) is 11.7. The van der Waals surface area contributed by atoms with Gasteiger partial charge in [0.15, 0.2) is 0 Å². The second-order valence-electron chi connectivity index (χ2n) is 5.85. The van der Waals surface area contributed by atoms with Crippen molar-refractivity contribution < 1.29 is 21.6 Å². The Morgan fingerprint density at radius 1 is 1.08 bits per heavy atom. The number of carbonyl (C=O) groups excluding carboxylic acids is 1. The molecule has 10 heteroatoms. The molecule has 2 rings (SSSR count). The summed E-state index contributed by atoms with van der Waals surface area (Å²) in [5, 5.41) is 7.79. The lowest BCUT2D eigenvalue weighted by Crippen LogP contribution is -2.47. The van der Waals surface area contributed by atoms with Crippen LogP contribution in [0.5, 0.6) is 0 Å². The van der Waals surface area contributed by atoms with Gasteiger partial charge in [-0.1, -0.05) is 12.8 Å². The molecule has 0 saturated heterocycles. The van der Waals surface area contributed by atoms with Gasteiger partial charge >= 0.3 is 0 Å². The number of amides is 1. The third-order valence-corrected chi connectivity index (χ3v) is 6.38. The van der Waals surface area contributed by atoms with Crippen LogP contribution in [-0.2, 0) is 24.8 Å². The fourth-order valence-corrected chi connectivity index (χ4v) is 4.28. The van der Waals surface area contributed by atoms with Crippen LogP contribution in [0.1, 0.15) is 32.6 Å². The molecule has 1 aromatic carbocycles. The van der Waals surface area contributed by atoms with Gasteiger partial charge in [-0.15, -0.1) is 0 Å². The normalized spacial score (nSPS) is 17.6. The first-order valence-corrected chi connectivity index (χ1v) is 10.6. The predicted octanol–water partition coefficient (Wildman–Crippen LogP) is 0.0596. The van der Waals surface area contributed by atoms with Crippen molar-refractivity contribution in [1.82, 2.24) is 10.0 Å². The van der Waals surface area contributed by atoms with E-state index in [1.165, 1.54) is 6.92 Å². The van der Waals surface area contributed by atoms with E-state index in [-0.39, 0.29) is 21.7 Å². The van der Waals surface area contributed by atoms with Gasteiger partial charge in [0, 0.05) is 6.04 Å². The van der Waals surface area contributed by atoms with Crippen LogP contribution in [0.3, 0.4) is 0 Å². The molecule has 0 radical (unpaired) electrons. The quantitative estimate of drug-likeness (QED) is 0.646. The molecule has 1 fully saturated rings. The zero-order chi connectivity index (χ0) is 18.0. The molecule has 1 aromatic rings. The van der Waals surface area contributed by atoms with E-state index in [4.69, 9.17) is 5.14 Å². The minimum atomic E-state index is -3.95. The van der Waals surface area contributed by atoms with E-state index < -0.39 is 26.1 Å². The zero-order valence-corrected chi connectivity index (χ0v) is 14.9. The van der Waals surface area contributed by atoms with Crippen molar-refractivity contribution in [1.29, 1.82) is 0 Å². The molecular weight excluding hydrogens is 354 g/mol. The van der Waals surface area contributed by atoms with E-state index in [1.807, 2.05) is 0 Å². The van der Waals surface area contributed by atoms with Gasteiger partial charge in [-0.05, 0) is 44.0 Å². The Balaban J connectivity index is 2.05. The van der Waals surface area contributed by atoms with Crippen LogP contribution < -0.4 is 15.2 Å². The summed E-state index contributed by atoms with van der Waals surface area (Å²) in [6.45, 7) is 1.46. The molecule has 8 nitrogen and oxygen atoms in total. The monoisotopic (exact) mass is 375 g/mol. The fourth-order valence-electron chi connectivity index (χ4n) is 2.56. The highest BCUT2D eigenvalue weighted by Crippen LogP contribution is 2.18. The number of hydrogen-bond acceptors (Lipinski definition) is 5. The first-order valence-electron chi connectivity index (χ1n) is 7.55. The number of carbonyl (C=O) groups is 1. The summed E-state index contributed by atoms with van der Waals surface area (Å²) in [6.07, 6.45) is 3.92. The summed E-state index contributed by atoms with van der Waals surface area (Å²) in [7, 11) is -7.84. The number of nitrogens with one attached hydrogen (secondary N) is 2. The van der Waals surface area contributed by atoms with Gasteiger partial charge in [0.1, 0.15) is 0 Å². The third-order valence-electron chi connectivity index (χ3n) is 3.89. The van der Waals surface area contributed by atoms with E-state index in [9.17, 15) is 21.6 Å². The van der Waals surface area contributed by atoms with Crippen molar-refractivity contribution in [2.45, 2.75) is 54.5 Å². The number of hydrogen-bond donors (Lipinski definition) is 3. The van der Waals surface area contributed by atoms with E-state index in [0.717, 1.165) is 49.9 Å². The second kappa shape index (κ2) is 7.18. The van der Waals surface area contributed by atoms with Gasteiger partial charge < -0.3 is 5.32 Å². The maximum atomic E-state index is 12.3. The minimum absolute atomic E-state index is 0.0958. The molecule has 1 aliphatic carbocycles. The lowest BCUT2D eigenvalue weighted by molar-refractivity contribution is -0.123. The molecule has 1 amide bonds. The Morgan fingerprint density at radius 2 is 1.58 bits per heavy atom. The average molecular weight is 375 g/mol. The summed E-state index contributed by atoms with van der Waals surface area (Å²) < 4.78 is 49.2. The molecule has 0 bridgehead atoms. The molecular formula is C14H21N3O5S2. The fraction of sp³-hybridized carbons (Fsp3) is 0.500. The smallest absolute Gasteiger partial charge is 0.241 e. The molecule has 0 unspecified atom stereocenters. The highest BCUT2D eigenvalue weighted by Gasteiger charge is 2.25. The van der Waals surface area contributed by atoms with E-state index >= 15 is 0 Å². The first-order chi connectivity index (χ1) is 11.1. The Labute approximate surface area is 141 Å². The average Bonchev–Trinajstić information content (AvgIpc) is 2.99. The Kier molecular flexibility index (Phi) is 5.63. The highest BCUT2D eigenvalue weighted by atomic mass is 32.2. The van der Waals surface area contributed by atoms with Gasteiger partial charge in [-0.25, -0.2) is 22.0 Å². The summed E-state index contributed by atoms with van der Waals surface area (Å²) >= 11 is 0. The maximum Gasteiger partial charge on any atom is 0.241 e. The molecule has 1 aliphatic rings. The van der Waals surface area contributed by atoms with Crippen LogP contribution in [0.15, 0.2) is 34.1 Å². The first kappa shape index (κ1) is 18.8. The SMILES string of the molecule is C[C@H](NS(=O)(=O)c1ccc(S(N)(=O)=O)cc1)C(=O)NC1CCCC1. The number of rotatable bonds is 6. The number of primary sulfonamides is 1. The maximum absolute atomic E-state index is 12.3. The molecule has 0 aromatic heterocycles. The number of benzene rings is 1. The van der Waals surface area contributed by atoms with Crippen molar-refractivity contribution in [3.8, 4) is 0 Å². The number of nitrogens with two attached hydrogens (primary N) is 1. The Bertz CT molecular complexity index is 797. The third kappa shape index (κ3) is 4.76. The highest BCUT2D eigenvalue weighted by molar-refractivity contribution is 7.89. The van der Waals surface area contributed by atoms with Crippen LogP contribution in [0.2, 0.25) is 0 Å². The van der Waals surface area contributed by atoms with Crippen molar-refractivity contribution in [2.75, 3.05) is 0 Å². The lowest BCUT2D eigenvalue weighted by Gasteiger charge is -2.18. The summed E-state index contributed by atoms with van der Waals surface area (Å²) in [5.41, 5.74) is 0. The molecule has 0 aliphatic heterocycles. The van der Waals surface area contributed by atoms with Crippen molar-refractivity contribution in [2.24, 2.45) is 5.14 Å². The summed E-state index contributed by atoms with van der Waals surface area (Å²) in [5.74, 6) is -0.383. The summed E-state index contributed by atoms with van der Waals surface area (Å²) in [6, 6.07) is 3.63. The van der Waals surface area contributed by atoms with Crippen molar-refractivity contribution >= 4 is 26.0 Å². The van der Waals surface area contributed by atoms with Gasteiger partial charge in [0.05, 0.1) is 15.8 Å². The standard InChI is InChI=1S/C14H21N3O5S2/c1-10(14(18)16-11-4-2-3-5-11)17-24(21,22)13-8-6-12(7-9-13)23(15,19)20/h6-11,17H,2-5H2,1H3,(H,16,18)(H2,15,19,20)/t10-/m0/s1. The van der Waals surface area contributed by atoms with Crippen LogP contribution in [0, 0.1) is 0 Å². The Morgan fingerprint density at radius 3 is 2.08 bits per heavy atom. The van der Waals surface area contributed by atoms with Crippen molar-refractivity contribution in [3.63, 3.8) is 0 Å². The Hall–Kier alpha value is -1.49. The molecule has 134 valence electrons. The number of sulfonamides is 2. The van der Waals surface area contributed by atoms with Gasteiger partial charge in [-0.3, -0.25) is 4.79 Å². The molecule has 4 N–H and O–H groups in total. The second-order valence-corrected chi connectivity index (χ2v) is 9.12. The topological polar surface area (TPSA) is 135 Å². The molecule has 0 spiro atoms. The minimum Gasteiger partial charge on any atom is -0.352 e. The van der Waals surface area contributed by atoms with Gasteiger partial charge in [0.25, 0.3) is 0 Å². The lowest BCUT2D eigenvalue weighted by atomic mass is 10.2. The van der Waals surface area contributed by atoms with Crippen LogP contribution in [-0.4, -0.2) is 34.8 Å². The van der Waals surface area contributed by atoms with Crippen LogP contribution in [0.4, 0.5) is 0 Å². The van der Waals surface area contributed by atoms with E-state index in [2.05, 4.69) is 10.0 Å². The predicted molar refractivity (Wildman–Crippen MR) is 88.0 cm³/mol.